The van der Waals surface area contributed by atoms with Crippen molar-refractivity contribution < 1.29 is 14.6 Å². The smallest absolute Gasteiger partial charge is 0.225 e. The van der Waals surface area contributed by atoms with E-state index >= 15 is 0 Å². The lowest BCUT2D eigenvalue weighted by molar-refractivity contribution is -0.138. The van der Waals surface area contributed by atoms with E-state index in [1.807, 2.05) is 6.92 Å². The van der Waals surface area contributed by atoms with Crippen LogP contribution in [0.2, 0.25) is 0 Å². The number of morpholine rings is 1. The fourth-order valence-electron chi connectivity index (χ4n) is 1.28. The monoisotopic (exact) mass is 186 g/mol. The fourth-order valence-corrected chi connectivity index (χ4v) is 1.28. The Labute approximate surface area is 78.5 Å². The van der Waals surface area contributed by atoms with Crippen LogP contribution in [0.1, 0.15) is 19.8 Å². The number of carbonyl (C=O) groups excluding carboxylic acids is 1. The van der Waals surface area contributed by atoms with Gasteiger partial charge in [-0.05, 0) is 6.42 Å². The van der Waals surface area contributed by atoms with Crippen LogP contribution in [0.4, 0.5) is 0 Å². The first-order chi connectivity index (χ1) is 6.24. The van der Waals surface area contributed by atoms with Gasteiger partial charge in [-0.15, -0.1) is 0 Å². The molecule has 4 heteroatoms. The zero-order valence-corrected chi connectivity index (χ0v) is 7.99. The van der Waals surface area contributed by atoms with Crippen molar-refractivity contribution in [3.05, 3.63) is 0 Å². The lowest BCUT2D eigenvalue weighted by Crippen LogP contribution is -2.41. The molecule has 4 nitrogen and oxygen atoms in total. The Balaban J connectivity index is 2.29. The van der Waals surface area contributed by atoms with Gasteiger partial charge in [0.15, 0.2) is 0 Å². The Bertz CT molecular complexity index is 166. The van der Waals surface area contributed by atoms with Crippen LogP contribution in [0.25, 0.3) is 0 Å². The van der Waals surface area contributed by atoms with Crippen molar-refractivity contribution in [1.82, 2.24) is 4.90 Å². The molecule has 0 aromatic carbocycles. The molecule has 1 aliphatic rings. The van der Waals surface area contributed by atoms with Crippen LogP contribution in [0.3, 0.4) is 0 Å². The number of rotatable bonds is 3. The molecule has 13 heavy (non-hydrogen) atoms. The molecule has 1 saturated heterocycles. The third-order valence-corrected chi connectivity index (χ3v) is 2.22. The number of hydrogen-bond donors (Lipinski definition) is 0. The van der Waals surface area contributed by atoms with Crippen molar-refractivity contribution in [2.45, 2.75) is 25.9 Å². The highest BCUT2D eigenvalue weighted by atomic mass is 16.5. The lowest BCUT2D eigenvalue weighted by atomic mass is 10.2. The summed E-state index contributed by atoms with van der Waals surface area (Å²) in [6.07, 6.45) is -0.0811. The zero-order valence-electron chi connectivity index (χ0n) is 7.99. The summed E-state index contributed by atoms with van der Waals surface area (Å²) in [5, 5.41) is 11.1. The number of carbonyl (C=O) groups is 1. The first-order valence-electron chi connectivity index (χ1n) is 4.75. The van der Waals surface area contributed by atoms with Crippen LogP contribution in [0, 0.1) is 0 Å². The Morgan fingerprint density at radius 1 is 1.46 bits per heavy atom. The Morgan fingerprint density at radius 2 is 2.08 bits per heavy atom. The summed E-state index contributed by atoms with van der Waals surface area (Å²) >= 11 is 0. The molecule has 1 amide bonds. The first kappa shape index (κ1) is 10.5. The van der Waals surface area contributed by atoms with Gasteiger partial charge in [0.25, 0.3) is 0 Å². The molecule has 1 atom stereocenters. The molecule has 0 aliphatic carbocycles. The average molecular weight is 186 g/mol. The van der Waals surface area contributed by atoms with Gasteiger partial charge in [0.2, 0.25) is 5.91 Å². The fraction of sp³-hybridized carbons (Fsp3) is 0.889. The topological polar surface area (TPSA) is 49.4 Å². The molecule has 0 spiro atoms. The highest BCUT2D eigenvalue weighted by molar-refractivity contribution is 5.76. The molecule has 1 aliphatic heterocycles. The number of ether oxygens (including phenoxy) is 1. The minimum atomic E-state index is -0.740. The number of amides is 1. The maximum atomic E-state index is 11.4. The van der Waals surface area contributed by atoms with E-state index in [1.165, 1.54) is 0 Å². The third kappa shape index (κ3) is 3.32. The van der Waals surface area contributed by atoms with Crippen LogP contribution in [0.5, 0.6) is 0 Å². The van der Waals surface area contributed by atoms with Gasteiger partial charge < -0.3 is 9.64 Å². The largest absolute Gasteiger partial charge is 0.378 e. The molecule has 0 saturated carbocycles. The third-order valence-electron chi connectivity index (χ3n) is 2.22. The van der Waals surface area contributed by atoms with Crippen molar-refractivity contribution in [2.75, 3.05) is 26.3 Å². The lowest BCUT2D eigenvalue weighted by Gasteiger charge is -2.27. The van der Waals surface area contributed by atoms with Crippen molar-refractivity contribution >= 4 is 5.91 Å². The first-order valence-corrected chi connectivity index (χ1v) is 4.75. The average Bonchev–Trinajstić information content (AvgIpc) is 2.19. The van der Waals surface area contributed by atoms with Gasteiger partial charge in [0.05, 0.1) is 19.6 Å². The van der Waals surface area contributed by atoms with E-state index in [0.717, 1.165) is 0 Å². The van der Waals surface area contributed by atoms with Crippen LogP contribution in [-0.4, -0.2) is 43.2 Å². The summed E-state index contributed by atoms with van der Waals surface area (Å²) in [6, 6.07) is 0. The van der Waals surface area contributed by atoms with E-state index in [9.17, 15) is 9.90 Å². The van der Waals surface area contributed by atoms with Gasteiger partial charge in [-0.25, -0.2) is 5.11 Å². The standard InChI is InChI=1S/C9H16NO3/c1-2-8(11)7-9(12)10-3-5-13-6-4-10/h8H,2-7H2,1H3. The summed E-state index contributed by atoms with van der Waals surface area (Å²) in [4.78, 5) is 13.2. The van der Waals surface area contributed by atoms with Gasteiger partial charge in [-0.1, -0.05) is 6.92 Å². The van der Waals surface area contributed by atoms with E-state index in [1.54, 1.807) is 4.90 Å². The van der Waals surface area contributed by atoms with E-state index in [0.29, 0.717) is 32.7 Å². The highest BCUT2D eigenvalue weighted by Crippen LogP contribution is 2.04. The summed E-state index contributed by atoms with van der Waals surface area (Å²) in [7, 11) is 0. The molecule has 0 aromatic rings. The second-order valence-corrected chi connectivity index (χ2v) is 3.23. The summed E-state index contributed by atoms with van der Waals surface area (Å²) in [6.45, 7) is 4.28. The van der Waals surface area contributed by atoms with E-state index in [-0.39, 0.29) is 12.3 Å². The molecule has 0 N–H and O–H groups in total. The van der Waals surface area contributed by atoms with E-state index in [2.05, 4.69) is 0 Å². The highest BCUT2D eigenvalue weighted by Gasteiger charge is 2.19. The maximum absolute atomic E-state index is 11.4. The van der Waals surface area contributed by atoms with Crippen LogP contribution in [-0.2, 0) is 14.6 Å². The molecule has 1 fully saturated rings. The molecular formula is C9H16NO3. The Morgan fingerprint density at radius 3 is 2.62 bits per heavy atom. The van der Waals surface area contributed by atoms with Crippen molar-refractivity contribution in [1.29, 1.82) is 0 Å². The van der Waals surface area contributed by atoms with Crippen molar-refractivity contribution in [3.8, 4) is 0 Å². The number of nitrogens with zero attached hydrogens (tertiary/aromatic N) is 1. The Kier molecular flexibility index (Phi) is 4.18. The van der Waals surface area contributed by atoms with Crippen LogP contribution >= 0.6 is 0 Å². The van der Waals surface area contributed by atoms with Crippen molar-refractivity contribution in [2.24, 2.45) is 0 Å². The maximum Gasteiger partial charge on any atom is 0.225 e. The van der Waals surface area contributed by atoms with Crippen LogP contribution < -0.4 is 0 Å². The normalized spacial score (nSPS) is 20.0. The summed E-state index contributed by atoms with van der Waals surface area (Å²) in [5.74, 6) is -0.0230. The summed E-state index contributed by atoms with van der Waals surface area (Å²) in [5.41, 5.74) is 0. The van der Waals surface area contributed by atoms with E-state index in [4.69, 9.17) is 4.74 Å². The zero-order chi connectivity index (χ0) is 9.68. The van der Waals surface area contributed by atoms with Gasteiger partial charge in [0, 0.05) is 13.1 Å². The minimum Gasteiger partial charge on any atom is -0.378 e. The molecule has 0 bridgehead atoms. The second kappa shape index (κ2) is 5.19. The second-order valence-electron chi connectivity index (χ2n) is 3.23. The minimum absolute atomic E-state index is 0.0230. The SMILES string of the molecule is CCC([O])CC(=O)N1CCOCC1. The van der Waals surface area contributed by atoms with Gasteiger partial charge in [-0.2, -0.15) is 0 Å². The number of hydrogen-bond acceptors (Lipinski definition) is 2. The van der Waals surface area contributed by atoms with Gasteiger partial charge >= 0.3 is 0 Å². The van der Waals surface area contributed by atoms with E-state index < -0.39 is 6.10 Å². The quantitative estimate of drug-likeness (QED) is 0.642. The summed E-state index contributed by atoms with van der Waals surface area (Å²) < 4.78 is 5.11. The molecule has 1 unspecified atom stereocenters. The molecule has 1 radical (unpaired) electrons. The molecule has 0 aromatic heterocycles. The molecule has 1 rings (SSSR count). The van der Waals surface area contributed by atoms with Gasteiger partial charge in [0.1, 0.15) is 6.10 Å². The molecule has 1 heterocycles. The van der Waals surface area contributed by atoms with Crippen LogP contribution in [0.15, 0.2) is 0 Å². The molecular weight excluding hydrogens is 170 g/mol. The predicted molar refractivity (Wildman–Crippen MR) is 46.8 cm³/mol. The van der Waals surface area contributed by atoms with Crippen molar-refractivity contribution in [3.63, 3.8) is 0 Å². The van der Waals surface area contributed by atoms with Gasteiger partial charge in [-0.3, -0.25) is 4.79 Å². The molecule has 75 valence electrons. The Hall–Kier alpha value is -0.610. The predicted octanol–water partition coefficient (Wildman–Crippen LogP) is 0.444.